The zero-order chi connectivity index (χ0) is 23.9. The summed E-state index contributed by atoms with van der Waals surface area (Å²) in [5, 5.41) is 0.925. The molecule has 0 saturated carbocycles. The van der Waals surface area contributed by atoms with E-state index in [-0.39, 0.29) is 22.6 Å². The number of benzene rings is 1. The third-order valence-electron chi connectivity index (χ3n) is 6.21. The molecule has 1 amide bonds. The van der Waals surface area contributed by atoms with Crippen LogP contribution in [-0.2, 0) is 14.6 Å². The van der Waals surface area contributed by atoms with E-state index in [9.17, 15) is 17.6 Å². The Balaban J connectivity index is 1.37. The van der Waals surface area contributed by atoms with E-state index in [0.29, 0.717) is 24.4 Å². The number of likely N-dealkylation sites (tertiary alicyclic amines) is 1. The minimum absolute atomic E-state index is 0.0746. The van der Waals surface area contributed by atoms with E-state index in [1.54, 1.807) is 6.92 Å². The highest BCUT2D eigenvalue weighted by Gasteiger charge is 2.39. The molecular formula is C22H29FN4O4S2. The molecule has 0 aliphatic carbocycles. The number of carbonyl (C=O) groups is 1. The lowest BCUT2D eigenvalue weighted by Gasteiger charge is -2.36. The highest BCUT2D eigenvalue weighted by Crippen LogP contribution is 2.31. The van der Waals surface area contributed by atoms with Gasteiger partial charge in [0.05, 0.1) is 4.90 Å². The predicted molar refractivity (Wildman–Crippen MR) is 124 cm³/mol. The van der Waals surface area contributed by atoms with E-state index in [1.807, 2.05) is 4.90 Å². The number of anilines is 1. The average Bonchev–Trinajstić information content (AvgIpc) is 3.38. The summed E-state index contributed by atoms with van der Waals surface area (Å²) in [7, 11) is -3.54. The number of sulfone groups is 1. The van der Waals surface area contributed by atoms with Crippen LogP contribution in [0.5, 0.6) is 5.75 Å². The summed E-state index contributed by atoms with van der Waals surface area (Å²) in [5.41, 5.74) is 0.390. The standard InChI is InChI=1S/C22H29FN4O4S2/c1-13(2)20-24-22(32-25-20)26-8-5-15(6-9-26)27-10-7-17(21(27)28)31-18-11-14(3)19(12-16(18)23)33(4,29)30/h11-13,15,17H,5-10H2,1-4H3. The van der Waals surface area contributed by atoms with Gasteiger partial charge in [-0.15, -0.1) is 0 Å². The molecule has 1 aromatic carbocycles. The first kappa shape index (κ1) is 23.9. The number of hydrogen-bond acceptors (Lipinski definition) is 8. The molecule has 0 bridgehead atoms. The molecular weight excluding hydrogens is 467 g/mol. The molecule has 2 fully saturated rings. The van der Waals surface area contributed by atoms with Gasteiger partial charge in [-0.25, -0.2) is 17.8 Å². The molecule has 0 N–H and O–H groups in total. The molecule has 2 aliphatic rings. The largest absolute Gasteiger partial charge is 0.477 e. The number of nitrogens with zero attached hydrogens (tertiary/aromatic N) is 4. The van der Waals surface area contributed by atoms with Gasteiger partial charge < -0.3 is 14.5 Å². The second-order valence-corrected chi connectivity index (χ2v) is 11.8. The van der Waals surface area contributed by atoms with Crippen molar-refractivity contribution in [1.29, 1.82) is 0 Å². The number of aromatic nitrogens is 2. The Morgan fingerprint density at radius 3 is 2.48 bits per heavy atom. The summed E-state index contributed by atoms with van der Waals surface area (Å²) in [5.74, 6) is 0.142. The number of halogens is 1. The van der Waals surface area contributed by atoms with E-state index in [0.717, 1.165) is 49.2 Å². The summed E-state index contributed by atoms with van der Waals surface area (Å²) in [4.78, 5) is 21.6. The van der Waals surface area contributed by atoms with Gasteiger partial charge in [-0.1, -0.05) is 13.8 Å². The van der Waals surface area contributed by atoms with Crippen molar-refractivity contribution in [2.75, 3.05) is 30.8 Å². The topological polar surface area (TPSA) is 92.7 Å². The molecule has 0 radical (unpaired) electrons. The monoisotopic (exact) mass is 496 g/mol. The second kappa shape index (κ2) is 9.17. The number of amides is 1. The molecule has 1 atom stereocenters. The van der Waals surface area contributed by atoms with Crippen molar-refractivity contribution in [2.45, 2.75) is 63.0 Å². The summed E-state index contributed by atoms with van der Waals surface area (Å²) in [6.45, 7) is 7.89. The summed E-state index contributed by atoms with van der Waals surface area (Å²) in [6.07, 6.45) is 2.39. The van der Waals surface area contributed by atoms with Crippen molar-refractivity contribution in [1.82, 2.24) is 14.3 Å². The van der Waals surface area contributed by atoms with Gasteiger partial charge in [0.25, 0.3) is 5.91 Å². The van der Waals surface area contributed by atoms with E-state index < -0.39 is 21.8 Å². The summed E-state index contributed by atoms with van der Waals surface area (Å²) >= 11 is 1.42. The first-order chi connectivity index (χ1) is 15.5. The maximum absolute atomic E-state index is 14.5. The highest BCUT2D eigenvalue weighted by atomic mass is 32.2. The molecule has 8 nitrogen and oxygen atoms in total. The van der Waals surface area contributed by atoms with Crippen LogP contribution in [0.15, 0.2) is 17.0 Å². The Kier molecular flexibility index (Phi) is 6.63. The van der Waals surface area contributed by atoms with Crippen LogP contribution >= 0.6 is 11.5 Å². The normalized spacial score (nSPS) is 20.2. The van der Waals surface area contributed by atoms with Crippen LogP contribution in [0.4, 0.5) is 9.52 Å². The Labute approximate surface area is 197 Å². The van der Waals surface area contributed by atoms with Gasteiger partial charge >= 0.3 is 0 Å². The third kappa shape index (κ3) is 4.98. The van der Waals surface area contributed by atoms with Gasteiger partial charge in [-0.05, 0) is 37.5 Å². The molecule has 2 aliphatic heterocycles. The molecule has 11 heteroatoms. The fourth-order valence-electron chi connectivity index (χ4n) is 4.38. The van der Waals surface area contributed by atoms with Gasteiger partial charge in [0, 0.05) is 55.8 Å². The lowest BCUT2D eigenvalue weighted by molar-refractivity contribution is -0.135. The molecule has 2 saturated heterocycles. The van der Waals surface area contributed by atoms with Crippen molar-refractivity contribution in [3.05, 3.63) is 29.3 Å². The van der Waals surface area contributed by atoms with Crippen LogP contribution in [-0.4, -0.2) is 66.6 Å². The molecule has 180 valence electrons. The minimum atomic E-state index is -3.54. The second-order valence-electron chi connectivity index (χ2n) is 9.06. The molecule has 4 rings (SSSR count). The SMILES string of the molecule is Cc1cc(OC2CCN(C3CCN(c4nc(C(C)C)ns4)CC3)C2=O)c(F)cc1S(C)(=O)=O. The maximum atomic E-state index is 14.5. The summed E-state index contributed by atoms with van der Waals surface area (Å²) < 4.78 is 48.3. The fourth-order valence-corrected chi connectivity index (χ4v) is 6.21. The van der Waals surface area contributed by atoms with E-state index in [1.165, 1.54) is 17.6 Å². The molecule has 3 heterocycles. The quantitative estimate of drug-likeness (QED) is 0.607. The Morgan fingerprint density at radius 2 is 1.88 bits per heavy atom. The molecule has 0 spiro atoms. The van der Waals surface area contributed by atoms with Crippen LogP contribution in [0.25, 0.3) is 0 Å². The minimum Gasteiger partial charge on any atom is -0.477 e. The van der Waals surface area contributed by atoms with E-state index >= 15 is 0 Å². The first-order valence-electron chi connectivity index (χ1n) is 11.1. The number of rotatable bonds is 6. The van der Waals surface area contributed by atoms with Crippen LogP contribution in [0.1, 0.15) is 50.4 Å². The third-order valence-corrected chi connectivity index (χ3v) is 8.24. The molecule has 2 aromatic rings. The van der Waals surface area contributed by atoms with Gasteiger partial charge in [0.2, 0.25) is 5.13 Å². The number of ether oxygens (including phenoxy) is 1. The maximum Gasteiger partial charge on any atom is 0.263 e. The molecule has 1 unspecified atom stereocenters. The van der Waals surface area contributed by atoms with Crippen LogP contribution < -0.4 is 9.64 Å². The number of piperidine rings is 1. The number of carbonyl (C=O) groups excluding carboxylic acids is 1. The van der Waals surface area contributed by atoms with Crippen molar-refractivity contribution >= 4 is 32.4 Å². The zero-order valence-electron chi connectivity index (χ0n) is 19.2. The predicted octanol–water partition coefficient (Wildman–Crippen LogP) is 3.16. The van der Waals surface area contributed by atoms with E-state index in [4.69, 9.17) is 4.74 Å². The molecule has 33 heavy (non-hydrogen) atoms. The van der Waals surface area contributed by atoms with Crippen LogP contribution in [0.2, 0.25) is 0 Å². The van der Waals surface area contributed by atoms with E-state index in [2.05, 4.69) is 28.1 Å². The highest BCUT2D eigenvalue weighted by molar-refractivity contribution is 7.90. The lowest BCUT2D eigenvalue weighted by Crippen LogP contribution is -2.47. The summed E-state index contributed by atoms with van der Waals surface area (Å²) in [6, 6.07) is 2.43. The Morgan fingerprint density at radius 1 is 1.18 bits per heavy atom. The van der Waals surface area contributed by atoms with Gasteiger partial charge in [0.1, 0.15) is 5.82 Å². The van der Waals surface area contributed by atoms with Crippen LogP contribution in [0.3, 0.4) is 0 Å². The van der Waals surface area contributed by atoms with Crippen molar-refractivity contribution in [3.8, 4) is 5.75 Å². The zero-order valence-corrected chi connectivity index (χ0v) is 20.9. The van der Waals surface area contributed by atoms with Crippen molar-refractivity contribution in [2.24, 2.45) is 0 Å². The Hall–Kier alpha value is -2.27. The van der Waals surface area contributed by atoms with Crippen LogP contribution in [0, 0.1) is 12.7 Å². The fraction of sp³-hybridized carbons (Fsp3) is 0.591. The van der Waals surface area contributed by atoms with Gasteiger partial charge in [0.15, 0.2) is 27.5 Å². The van der Waals surface area contributed by atoms with Crippen molar-refractivity contribution < 1.29 is 22.3 Å². The molecule has 1 aromatic heterocycles. The average molecular weight is 497 g/mol. The Bertz CT molecular complexity index is 1140. The number of hydrogen-bond donors (Lipinski definition) is 0. The van der Waals surface area contributed by atoms with Gasteiger partial charge in [-0.2, -0.15) is 4.37 Å². The lowest BCUT2D eigenvalue weighted by atomic mass is 10.0. The first-order valence-corrected chi connectivity index (χ1v) is 13.8. The van der Waals surface area contributed by atoms with Gasteiger partial charge in [-0.3, -0.25) is 4.79 Å². The van der Waals surface area contributed by atoms with Crippen molar-refractivity contribution in [3.63, 3.8) is 0 Å². The number of aryl methyl sites for hydroxylation is 1. The smallest absolute Gasteiger partial charge is 0.263 e.